The standard InChI is InChI=1S/C13H17NO2/c1-13(2)7-9-5-4-8(12(15)16-3)6-10(9)11(13)14/h4-6,11H,7,14H2,1-3H3. The molecule has 1 unspecified atom stereocenters. The summed E-state index contributed by atoms with van der Waals surface area (Å²) in [5.74, 6) is -0.306. The minimum atomic E-state index is -0.306. The number of rotatable bonds is 1. The zero-order valence-electron chi connectivity index (χ0n) is 9.91. The molecule has 0 bridgehead atoms. The zero-order chi connectivity index (χ0) is 11.9. The molecule has 86 valence electrons. The zero-order valence-corrected chi connectivity index (χ0v) is 9.91. The van der Waals surface area contributed by atoms with Gasteiger partial charge in [0.05, 0.1) is 12.7 Å². The van der Waals surface area contributed by atoms with E-state index in [1.807, 2.05) is 12.1 Å². The SMILES string of the molecule is COC(=O)c1ccc2c(c1)C(N)C(C)(C)C2. The first-order chi connectivity index (χ1) is 7.45. The molecule has 16 heavy (non-hydrogen) atoms. The van der Waals surface area contributed by atoms with Crippen LogP contribution in [-0.2, 0) is 11.2 Å². The number of esters is 1. The molecular weight excluding hydrogens is 202 g/mol. The molecule has 0 fully saturated rings. The number of fused-ring (bicyclic) bond motifs is 1. The molecule has 2 N–H and O–H groups in total. The summed E-state index contributed by atoms with van der Waals surface area (Å²) in [7, 11) is 1.39. The van der Waals surface area contributed by atoms with E-state index < -0.39 is 0 Å². The summed E-state index contributed by atoms with van der Waals surface area (Å²) in [6.07, 6.45) is 0.963. The fourth-order valence-electron chi connectivity index (χ4n) is 2.31. The van der Waals surface area contributed by atoms with Crippen molar-refractivity contribution in [1.29, 1.82) is 0 Å². The topological polar surface area (TPSA) is 52.3 Å². The molecular formula is C13H17NO2. The van der Waals surface area contributed by atoms with Crippen molar-refractivity contribution >= 4 is 5.97 Å². The Morgan fingerprint density at radius 2 is 2.19 bits per heavy atom. The lowest BCUT2D eigenvalue weighted by Crippen LogP contribution is -2.24. The van der Waals surface area contributed by atoms with Gasteiger partial charge in [-0.1, -0.05) is 19.9 Å². The molecule has 2 rings (SSSR count). The van der Waals surface area contributed by atoms with Gasteiger partial charge >= 0.3 is 5.97 Å². The Morgan fingerprint density at radius 1 is 1.50 bits per heavy atom. The monoisotopic (exact) mass is 219 g/mol. The molecule has 0 heterocycles. The van der Waals surface area contributed by atoms with E-state index in [4.69, 9.17) is 10.5 Å². The highest BCUT2D eigenvalue weighted by atomic mass is 16.5. The van der Waals surface area contributed by atoms with Crippen LogP contribution in [0.1, 0.15) is 41.4 Å². The molecule has 0 amide bonds. The first kappa shape index (κ1) is 11.1. The second-order valence-electron chi connectivity index (χ2n) is 5.05. The summed E-state index contributed by atoms with van der Waals surface area (Å²) >= 11 is 0. The van der Waals surface area contributed by atoms with E-state index in [9.17, 15) is 4.79 Å². The maximum Gasteiger partial charge on any atom is 0.337 e. The van der Waals surface area contributed by atoms with Gasteiger partial charge in [0.1, 0.15) is 0 Å². The number of ether oxygens (including phenoxy) is 1. The number of carbonyl (C=O) groups is 1. The van der Waals surface area contributed by atoms with E-state index in [0.29, 0.717) is 5.56 Å². The van der Waals surface area contributed by atoms with Gasteiger partial charge in [0.2, 0.25) is 0 Å². The van der Waals surface area contributed by atoms with Gasteiger partial charge in [-0.3, -0.25) is 0 Å². The third-order valence-electron chi connectivity index (χ3n) is 3.39. The van der Waals surface area contributed by atoms with Crippen LogP contribution in [0.15, 0.2) is 18.2 Å². The lowest BCUT2D eigenvalue weighted by molar-refractivity contribution is 0.0600. The molecule has 0 aliphatic heterocycles. The van der Waals surface area contributed by atoms with Gasteiger partial charge in [0.15, 0.2) is 0 Å². The minimum absolute atomic E-state index is 0.00731. The van der Waals surface area contributed by atoms with Gasteiger partial charge in [0.25, 0.3) is 0 Å². The quantitative estimate of drug-likeness (QED) is 0.735. The summed E-state index contributed by atoms with van der Waals surface area (Å²) in [6.45, 7) is 4.30. The molecule has 1 aromatic rings. The third-order valence-corrected chi connectivity index (χ3v) is 3.39. The van der Waals surface area contributed by atoms with E-state index in [-0.39, 0.29) is 17.4 Å². The van der Waals surface area contributed by atoms with Crippen molar-refractivity contribution in [1.82, 2.24) is 0 Å². The first-order valence-electron chi connectivity index (χ1n) is 5.42. The van der Waals surface area contributed by atoms with Crippen molar-refractivity contribution in [2.24, 2.45) is 11.1 Å². The van der Waals surface area contributed by atoms with Crippen molar-refractivity contribution in [2.45, 2.75) is 26.3 Å². The van der Waals surface area contributed by atoms with E-state index >= 15 is 0 Å². The predicted octanol–water partition coefficient (Wildman–Crippen LogP) is 2.06. The lowest BCUT2D eigenvalue weighted by Gasteiger charge is -2.23. The molecule has 1 atom stereocenters. The van der Waals surface area contributed by atoms with E-state index in [2.05, 4.69) is 13.8 Å². The van der Waals surface area contributed by atoms with Gasteiger partial charge in [-0.15, -0.1) is 0 Å². The van der Waals surface area contributed by atoms with Crippen LogP contribution < -0.4 is 5.73 Å². The molecule has 1 aromatic carbocycles. The van der Waals surface area contributed by atoms with E-state index in [1.165, 1.54) is 12.7 Å². The van der Waals surface area contributed by atoms with Crippen LogP contribution in [0.25, 0.3) is 0 Å². The molecule has 1 aliphatic carbocycles. The summed E-state index contributed by atoms with van der Waals surface area (Å²) in [5, 5.41) is 0. The second-order valence-corrected chi connectivity index (χ2v) is 5.05. The maximum absolute atomic E-state index is 11.4. The van der Waals surface area contributed by atoms with Crippen LogP contribution in [0.5, 0.6) is 0 Å². The van der Waals surface area contributed by atoms with Gasteiger partial charge in [-0.05, 0) is 35.1 Å². The van der Waals surface area contributed by atoms with E-state index in [1.54, 1.807) is 6.07 Å². The van der Waals surface area contributed by atoms with Crippen LogP contribution in [-0.4, -0.2) is 13.1 Å². The molecule has 0 spiro atoms. The number of hydrogen-bond donors (Lipinski definition) is 1. The Kier molecular flexibility index (Phi) is 2.50. The van der Waals surface area contributed by atoms with Crippen LogP contribution in [0, 0.1) is 5.41 Å². The Hall–Kier alpha value is -1.35. The molecule has 0 saturated heterocycles. The normalized spacial score (nSPS) is 21.6. The van der Waals surface area contributed by atoms with Crippen LogP contribution in [0.3, 0.4) is 0 Å². The summed E-state index contributed by atoms with van der Waals surface area (Å²) < 4.78 is 4.70. The Balaban J connectivity index is 2.43. The van der Waals surface area contributed by atoms with E-state index in [0.717, 1.165) is 12.0 Å². The molecule has 3 nitrogen and oxygen atoms in total. The van der Waals surface area contributed by atoms with Crippen molar-refractivity contribution in [3.63, 3.8) is 0 Å². The van der Waals surface area contributed by atoms with Crippen molar-refractivity contribution in [2.75, 3.05) is 7.11 Å². The Bertz CT molecular complexity index is 438. The third kappa shape index (κ3) is 1.61. The predicted molar refractivity (Wildman–Crippen MR) is 62.2 cm³/mol. The molecule has 0 aromatic heterocycles. The maximum atomic E-state index is 11.4. The second kappa shape index (κ2) is 3.59. The smallest absolute Gasteiger partial charge is 0.337 e. The first-order valence-corrected chi connectivity index (χ1v) is 5.42. The minimum Gasteiger partial charge on any atom is -0.465 e. The Morgan fingerprint density at radius 3 is 2.81 bits per heavy atom. The lowest BCUT2D eigenvalue weighted by atomic mass is 9.86. The van der Waals surface area contributed by atoms with Gasteiger partial charge in [-0.2, -0.15) is 0 Å². The summed E-state index contributed by atoms with van der Waals surface area (Å²) in [5.41, 5.74) is 9.14. The fourth-order valence-corrected chi connectivity index (χ4v) is 2.31. The highest BCUT2D eigenvalue weighted by molar-refractivity contribution is 5.89. The van der Waals surface area contributed by atoms with Crippen molar-refractivity contribution in [3.05, 3.63) is 34.9 Å². The van der Waals surface area contributed by atoms with Gasteiger partial charge < -0.3 is 10.5 Å². The van der Waals surface area contributed by atoms with Crippen molar-refractivity contribution in [3.8, 4) is 0 Å². The average Bonchev–Trinajstić information content (AvgIpc) is 2.48. The van der Waals surface area contributed by atoms with Crippen LogP contribution in [0.4, 0.5) is 0 Å². The largest absolute Gasteiger partial charge is 0.465 e. The Labute approximate surface area is 95.6 Å². The average molecular weight is 219 g/mol. The number of benzene rings is 1. The van der Waals surface area contributed by atoms with Gasteiger partial charge in [0, 0.05) is 6.04 Å². The summed E-state index contributed by atoms with van der Waals surface area (Å²) in [6, 6.07) is 5.64. The number of carbonyl (C=O) groups excluding carboxylic acids is 1. The molecule has 0 saturated carbocycles. The van der Waals surface area contributed by atoms with Crippen LogP contribution >= 0.6 is 0 Å². The number of nitrogens with two attached hydrogens (primary N) is 1. The molecule has 1 aliphatic rings. The number of methoxy groups -OCH3 is 1. The highest BCUT2D eigenvalue weighted by Crippen LogP contribution is 2.43. The molecule has 3 heteroatoms. The summed E-state index contributed by atoms with van der Waals surface area (Å²) in [4.78, 5) is 11.4. The van der Waals surface area contributed by atoms with Gasteiger partial charge in [-0.25, -0.2) is 4.79 Å². The fraction of sp³-hybridized carbons (Fsp3) is 0.462. The van der Waals surface area contributed by atoms with Crippen LogP contribution in [0.2, 0.25) is 0 Å². The number of hydrogen-bond acceptors (Lipinski definition) is 3. The highest BCUT2D eigenvalue weighted by Gasteiger charge is 2.36. The molecule has 0 radical (unpaired) electrons. The van der Waals surface area contributed by atoms with Crippen molar-refractivity contribution < 1.29 is 9.53 Å².